The number of hydrogen-bond acceptors (Lipinski definition) is 23. The molecule has 12 rings (SSSR count). The van der Waals surface area contributed by atoms with E-state index >= 15 is 14.4 Å². The van der Waals surface area contributed by atoms with Crippen LogP contribution < -0.4 is 62.9 Å². The number of likely N-dealkylation sites (N-methyl/N-ethyl adjacent to an activating group) is 1. The largest absolute Gasteiger partial charge is 0.508 e. The second kappa shape index (κ2) is 30.2. The number of carboxylic acid groups (broad SMARTS) is 1. The molecule has 542 valence electrons. The molecule has 0 radical (unpaired) electrons. The number of quaternary nitrogens is 2. The highest BCUT2D eigenvalue weighted by atomic mass is 35.5. The maximum atomic E-state index is 16.0. The van der Waals surface area contributed by atoms with Gasteiger partial charge in [0.05, 0.1) is 42.6 Å². The zero-order valence-electron chi connectivity index (χ0n) is 54.5. The molecule has 2 fully saturated rings. The molecule has 11 bridgehead atoms. The van der Waals surface area contributed by atoms with E-state index in [0.717, 1.165) is 66.7 Å². The van der Waals surface area contributed by atoms with Crippen LogP contribution in [0.25, 0.3) is 11.1 Å². The number of nitrogens with one attached hydrogen (secondary N) is 6. The summed E-state index contributed by atoms with van der Waals surface area (Å²) in [6, 6.07) is -0.388. The van der Waals surface area contributed by atoms with Crippen molar-refractivity contribution in [3.8, 4) is 57.1 Å². The van der Waals surface area contributed by atoms with E-state index in [1.165, 1.54) is 19.1 Å². The molecule has 0 spiro atoms. The number of hydrogen-bond donors (Lipinski definition) is 19. The van der Waals surface area contributed by atoms with E-state index in [1.54, 1.807) is 19.3 Å². The predicted molar refractivity (Wildman–Crippen MR) is 347 cm³/mol. The number of ether oxygens (including phenoxy) is 6. The van der Waals surface area contributed by atoms with Crippen molar-refractivity contribution in [1.29, 1.82) is 0 Å². The molecular formula is C66H77Cl2N9O24+2. The van der Waals surface area contributed by atoms with Crippen LogP contribution in [0.4, 0.5) is 0 Å². The number of carbonyl (C=O) groups excluding carboxylic acids is 7. The molecule has 7 heterocycles. The molecule has 7 aliphatic rings. The van der Waals surface area contributed by atoms with Crippen LogP contribution in [0.1, 0.15) is 105 Å². The minimum atomic E-state index is -2.34. The third-order valence-corrected chi connectivity index (χ3v) is 18.5. The lowest BCUT2D eigenvalue weighted by Gasteiger charge is -2.45. The Hall–Kier alpha value is -9.20. The van der Waals surface area contributed by atoms with Crippen molar-refractivity contribution in [2.75, 3.05) is 13.7 Å². The number of halogens is 2. The minimum absolute atomic E-state index is 0.0642. The van der Waals surface area contributed by atoms with Crippen molar-refractivity contribution in [2.45, 2.75) is 156 Å². The summed E-state index contributed by atoms with van der Waals surface area (Å²) in [6.45, 7) is 5.87. The van der Waals surface area contributed by atoms with Gasteiger partial charge in [0.2, 0.25) is 47.5 Å². The third kappa shape index (κ3) is 15.8. The Bertz CT molecular complexity index is 4070. The van der Waals surface area contributed by atoms with E-state index in [0.29, 0.717) is 0 Å². The van der Waals surface area contributed by atoms with Crippen molar-refractivity contribution in [2.24, 2.45) is 11.7 Å². The Morgan fingerprint density at radius 3 is 1.92 bits per heavy atom. The van der Waals surface area contributed by atoms with Gasteiger partial charge in [0.25, 0.3) is 5.91 Å². The van der Waals surface area contributed by atoms with Crippen molar-refractivity contribution >= 4 is 70.5 Å². The van der Waals surface area contributed by atoms with Crippen molar-refractivity contribution in [3.05, 3.63) is 117 Å². The van der Waals surface area contributed by atoms with Crippen LogP contribution in [-0.4, -0.2) is 191 Å². The molecule has 5 aromatic rings. The molecule has 33 nitrogen and oxygen atoms in total. The Labute approximate surface area is 584 Å². The number of carboxylic acids is 1. The highest BCUT2D eigenvalue weighted by Crippen LogP contribution is 2.50. The van der Waals surface area contributed by atoms with E-state index in [1.807, 2.05) is 13.8 Å². The topological polar surface area (TPSA) is 537 Å². The van der Waals surface area contributed by atoms with Gasteiger partial charge in [0.1, 0.15) is 101 Å². The molecule has 0 aromatic heterocycles. The van der Waals surface area contributed by atoms with E-state index in [4.69, 9.17) is 57.4 Å². The zero-order valence-corrected chi connectivity index (χ0v) is 56.0. The SMILES string of the molecule is C[NH2+]C(CC(C)C)C(=O)NC1C(=O)NC(CC(N)=O)C(=O)NC2C(=O)NC3C(=O)NC(C(=O)NC(C(=O)O)c4cc(O)cc(O)c4-c4cc3ccc4O)C(O)c3ccc(c(Cl)c3)Oc3cc2cc(c3OC2OC(CO)C(O)C(O)C2OC2CC(C)([NH3+])C(O)C(C)O2)Oc2ccc(cc2Cl)C1O. The van der Waals surface area contributed by atoms with Crippen molar-refractivity contribution in [3.63, 3.8) is 0 Å². The summed E-state index contributed by atoms with van der Waals surface area (Å²) in [6.07, 6.45) is -18.0. The predicted octanol–water partition coefficient (Wildman–Crippen LogP) is -1.64. The summed E-state index contributed by atoms with van der Waals surface area (Å²) in [7, 11) is 1.60. The number of amides is 7. The summed E-state index contributed by atoms with van der Waals surface area (Å²) >= 11 is 14.1. The second-order valence-corrected chi connectivity index (χ2v) is 26.8. The molecule has 18 unspecified atom stereocenters. The number of aliphatic carboxylic acids is 1. The summed E-state index contributed by atoms with van der Waals surface area (Å²) < 4.78 is 38.4. The number of aliphatic hydroxyl groups excluding tert-OH is 6. The molecule has 101 heavy (non-hydrogen) atoms. The molecule has 7 amide bonds. The highest BCUT2D eigenvalue weighted by molar-refractivity contribution is 6.32. The van der Waals surface area contributed by atoms with Crippen LogP contribution in [-0.2, 0) is 52.6 Å². The molecular weight excluding hydrogens is 1370 g/mol. The number of aromatic hydroxyl groups is 3. The molecule has 5 aromatic carbocycles. The Morgan fingerprint density at radius 1 is 0.733 bits per heavy atom. The smallest absolute Gasteiger partial charge is 0.330 e. The van der Waals surface area contributed by atoms with E-state index < -0.39 is 231 Å². The molecule has 0 aliphatic carbocycles. The van der Waals surface area contributed by atoms with Gasteiger partial charge in [-0.1, -0.05) is 55.2 Å². The van der Waals surface area contributed by atoms with Gasteiger partial charge in [-0.2, -0.15) is 0 Å². The summed E-state index contributed by atoms with van der Waals surface area (Å²) in [5.41, 5.74) is 5.93. The lowest BCUT2D eigenvalue weighted by Crippen LogP contribution is -2.89. The quantitative estimate of drug-likeness (QED) is 0.0629. The molecule has 23 N–H and O–H groups in total. The minimum Gasteiger partial charge on any atom is -0.508 e. The van der Waals surface area contributed by atoms with Crippen LogP contribution in [0.2, 0.25) is 10.0 Å². The highest BCUT2D eigenvalue weighted by Gasteiger charge is 2.52. The number of phenolic OH excluding ortho intramolecular Hbond substituents is 3. The summed E-state index contributed by atoms with van der Waals surface area (Å²) in [5, 5.41) is 129. The number of carbonyl (C=O) groups is 8. The van der Waals surface area contributed by atoms with Crippen LogP contribution in [0, 0.1) is 5.92 Å². The fourth-order valence-corrected chi connectivity index (χ4v) is 13.1. The number of fused-ring (bicyclic) bond motifs is 15. The van der Waals surface area contributed by atoms with Crippen LogP contribution in [0.3, 0.4) is 0 Å². The van der Waals surface area contributed by atoms with Crippen LogP contribution in [0.5, 0.6) is 46.0 Å². The van der Waals surface area contributed by atoms with E-state index in [2.05, 4.69) is 37.6 Å². The number of aliphatic hydroxyl groups is 6. The first kappa shape index (κ1) is 74.5. The first-order valence-electron chi connectivity index (χ1n) is 31.8. The normalized spacial score (nSPS) is 29.4. The standard InChI is InChI=1S/C66H75Cl2N9O24/c1-23(2)12-34(71-5)58(88)76-49-51(83)26-7-10-38(32(67)14-26)97-40-16-28-17-41(55(40)101-65-56(54(86)53(85)42(22-78)99-65)100-44-21-66(4,70)57(87)24(3)96-44)98-39-11-8-27(15-33(39)68)52(84)50-63(93)75-48(64(94)95)31-18-29(79)19-37(81)45(31)30-13-25(6-9-36(30)80)46(60(90)77-50)74-61(91)47(28)73-59(89)35(20-43(69)82)72-62(49)92/h6-11,13-19,23-24,34-35,42,44,46-54,56-57,65,71,78-81,83-87H,12,20-22,70H2,1-5H3,(H2,69,82)(H,72,92)(H,73,89)(H,74,91)(H,75,93)(H,76,88)(H,77,90)(H,94,95)/p+2. The van der Waals surface area contributed by atoms with Gasteiger partial charge < -0.3 is 128 Å². The zero-order chi connectivity index (χ0) is 73.5. The maximum Gasteiger partial charge on any atom is 0.330 e. The Kier molecular flexibility index (Phi) is 22.2. The summed E-state index contributed by atoms with van der Waals surface area (Å²) in [5.74, 6) is -15.8. The summed E-state index contributed by atoms with van der Waals surface area (Å²) in [4.78, 5) is 117. The van der Waals surface area contributed by atoms with E-state index in [9.17, 15) is 75.0 Å². The lowest BCUT2D eigenvalue weighted by atomic mass is 9.86. The molecule has 2 saturated heterocycles. The molecule has 35 heteroatoms. The maximum absolute atomic E-state index is 16.0. The van der Waals surface area contributed by atoms with Gasteiger partial charge in [-0.05, 0) is 96.6 Å². The lowest BCUT2D eigenvalue weighted by molar-refractivity contribution is -0.651. The molecule has 7 aliphatic heterocycles. The number of benzene rings is 5. The average molecular weight is 1450 g/mol. The number of nitrogens with two attached hydrogens (primary N) is 2. The van der Waals surface area contributed by atoms with Gasteiger partial charge in [0.15, 0.2) is 36.0 Å². The van der Waals surface area contributed by atoms with Crippen LogP contribution in [0.15, 0.2) is 78.9 Å². The number of primary amides is 1. The Balaban J connectivity index is 1.24. The first-order valence-corrected chi connectivity index (χ1v) is 32.6. The van der Waals surface area contributed by atoms with Crippen molar-refractivity contribution < 1.29 is 129 Å². The van der Waals surface area contributed by atoms with Gasteiger partial charge in [0, 0.05) is 29.2 Å². The average Bonchev–Trinajstić information content (AvgIpc) is 0.775. The molecule has 18 atom stereocenters. The number of rotatable bonds is 13. The number of phenols is 3. The van der Waals surface area contributed by atoms with Gasteiger partial charge >= 0.3 is 5.97 Å². The van der Waals surface area contributed by atoms with Crippen LogP contribution >= 0.6 is 23.2 Å². The van der Waals surface area contributed by atoms with Gasteiger partial charge in [-0.3, -0.25) is 33.6 Å². The monoisotopic (exact) mass is 1450 g/mol. The van der Waals surface area contributed by atoms with E-state index in [-0.39, 0.29) is 52.0 Å². The fourth-order valence-electron chi connectivity index (χ4n) is 12.6. The van der Waals surface area contributed by atoms with Crippen molar-refractivity contribution in [1.82, 2.24) is 31.9 Å². The molecule has 0 saturated carbocycles. The third-order valence-electron chi connectivity index (χ3n) is 17.9. The first-order chi connectivity index (χ1) is 47.7. The Morgan fingerprint density at radius 2 is 1.34 bits per heavy atom. The fraction of sp³-hybridized carbons (Fsp3) is 0.424. The second-order valence-electron chi connectivity index (χ2n) is 26.0. The van der Waals surface area contributed by atoms with Gasteiger partial charge in [-0.25, -0.2) is 4.79 Å². The van der Waals surface area contributed by atoms with Gasteiger partial charge in [-0.15, -0.1) is 0 Å².